The minimum Gasteiger partial charge on any atom is -0.384 e. The smallest absolute Gasteiger partial charge is 0.332 e. The number of aliphatic hydroxyl groups excluding tert-OH is 1. The minimum absolute atomic E-state index is 0.189. The summed E-state index contributed by atoms with van der Waals surface area (Å²) in [6.45, 7) is 1.05. The van der Waals surface area contributed by atoms with E-state index in [-0.39, 0.29) is 36.4 Å². The van der Waals surface area contributed by atoms with Crippen molar-refractivity contribution in [3.8, 4) is 11.8 Å². The number of nitrogens with zero attached hydrogens (tertiary/aromatic N) is 3. The van der Waals surface area contributed by atoms with E-state index in [0.717, 1.165) is 23.8 Å². The van der Waals surface area contributed by atoms with Crippen LogP contribution in [0, 0.1) is 11.8 Å². The Morgan fingerprint density at radius 1 is 1.42 bits per heavy atom. The van der Waals surface area contributed by atoms with E-state index in [1.807, 2.05) is 0 Å². The summed E-state index contributed by atoms with van der Waals surface area (Å²) in [7, 11) is 1.55. The fourth-order valence-corrected chi connectivity index (χ4v) is 2.91. The third kappa shape index (κ3) is 3.88. The summed E-state index contributed by atoms with van der Waals surface area (Å²) >= 11 is 0. The molecule has 2 aromatic heterocycles. The van der Waals surface area contributed by atoms with E-state index >= 15 is 0 Å². The Balaban J connectivity index is 1.75. The van der Waals surface area contributed by atoms with Crippen LogP contribution in [0.4, 0.5) is 0 Å². The second kappa shape index (κ2) is 8.31. The van der Waals surface area contributed by atoms with Crippen LogP contribution in [0.5, 0.6) is 0 Å². The van der Waals surface area contributed by atoms with Gasteiger partial charge in [0.05, 0.1) is 6.61 Å². The monoisotopic (exact) mass is 362 g/mol. The first-order valence-corrected chi connectivity index (χ1v) is 8.64. The molecule has 26 heavy (non-hydrogen) atoms. The lowest BCUT2D eigenvalue weighted by Crippen LogP contribution is -2.39. The van der Waals surface area contributed by atoms with Crippen molar-refractivity contribution in [1.29, 1.82) is 0 Å². The first-order chi connectivity index (χ1) is 12.6. The van der Waals surface area contributed by atoms with E-state index in [4.69, 9.17) is 14.6 Å². The maximum absolute atomic E-state index is 12.6. The Bertz CT molecular complexity index is 940. The number of aliphatic hydroxyl groups is 1. The summed E-state index contributed by atoms with van der Waals surface area (Å²) in [4.78, 5) is 32.0. The van der Waals surface area contributed by atoms with E-state index in [1.54, 1.807) is 7.05 Å². The molecule has 9 nitrogen and oxygen atoms in total. The molecule has 1 aliphatic rings. The van der Waals surface area contributed by atoms with Crippen LogP contribution in [0.2, 0.25) is 0 Å². The summed E-state index contributed by atoms with van der Waals surface area (Å²) in [5.41, 5.74) is -0.428. The first-order valence-electron chi connectivity index (χ1n) is 8.64. The highest BCUT2D eigenvalue weighted by Crippen LogP contribution is 2.13. The normalized spacial score (nSPS) is 17.2. The van der Waals surface area contributed by atoms with Crippen molar-refractivity contribution in [2.24, 2.45) is 7.05 Å². The van der Waals surface area contributed by atoms with Crippen LogP contribution in [0.3, 0.4) is 0 Å². The summed E-state index contributed by atoms with van der Waals surface area (Å²) in [5, 5.41) is 8.76. The summed E-state index contributed by atoms with van der Waals surface area (Å²) in [6.07, 6.45) is 3.35. The predicted molar refractivity (Wildman–Crippen MR) is 93.7 cm³/mol. The Morgan fingerprint density at radius 3 is 3.00 bits per heavy atom. The maximum Gasteiger partial charge on any atom is 0.332 e. The van der Waals surface area contributed by atoms with Crippen molar-refractivity contribution >= 4 is 11.2 Å². The number of fused-ring (bicyclic) bond motifs is 1. The van der Waals surface area contributed by atoms with Crippen LogP contribution in [0.1, 0.15) is 31.5 Å². The Hall–Kier alpha value is -2.41. The van der Waals surface area contributed by atoms with Gasteiger partial charge in [-0.1, -0.05) is 5.92 Å². The van der Waals surface area contributed by atoms with Gasteiger partial charge in [0, 0.05) is 20.2 Å². The number of nitrogens with one attached hydrogen (secondary N) is 1. The highest BCUT2D eigenvalue weighted by Gasteiger charge is 2.16. The van der Waals surface area contributed by atoms with E-state index in [9.17, 15) is 9.59 Å². The second-order valence-electron chi connectivity index (χ2n) is 6.06. The summed E-state index contributed by atoms with van der Waals surface area (Å²) in [6, 6.07) is 0. The van der Waals surface area contributed by atoms with Crippen LogP contribution in [-0.4, -0.2) is 50.3 Å². The Morgan fingerprint density at radius 2 is 2.27 bits per heavy atom. The molecular weight excluding hydrogens is 340 g/mol. The largest absolute Gasteiger partial charge is 0.384 e. The highest BCUT2D eigenvalue weighted by atomic mass is 16.7. The fourth-order valence-electron chi connectivity index (χ4n) is 2.91. The number of hydrogen-bond acceptors (Lipinski definition) is 6. The number of aromatic amines is 1. The van der Waals surface area contributed by atoms with Crippen LogP contribution in [0.25, 0.3) is 11.2 Å². The molecule has 3 rings (SSSR count). The second-order valence-corrected chi connectivity index (χ2v) is 6.06. The molecule has 0 aliphatic carbocycles. The number of imidazole rings is 1. The van der Waals surface area contributed by atoms with Gasteiger partial charge < -0.3 is 19.6 Å². The lowest BCUT2D eigenvalue weighted by atomic mass is 10.2. The Labute approximate surface area is 149 Å². The highest BCUT2D eigenvalue weighted by molar-refractivity contribution is 5.70. The fraction of sp³-hybridized carbons (Fsp3) is 0.588. The van der Waals surface area contributed by atoms with Gasteiger partial charge >= 0.3 is 5.69 Å². The molecular formula is C17H22N4O5. The van der Waals surface area contributed by atoms with Crippen molar-refractivity contribution in [2.45, 2.75) is 38.5 Å². The molecule has 9 heteroatoms. The minimum atomic E-state index is -0.443. The third-order valence-electron chi connectivity index (χ3n) is 4.23. The van der Waals surface area contributed by atoms with Crippen LogP contribution in [0.15, 0.2) is 9.59 Å². The molecule has 140 valence electrons. The van der Waals surface area contributed by atoms with E-state index < -0.39 is 11.2 Å². The van der Waals surface area contributed by atoms with Gasteiger partial charge in [0.1, 0.15) is 6.61 Å². The zero-order chi connectivity index (χ0) is 18.5. The average Bonchev–Trinajstić information content (AvgIpc) is 3.09. The Kier molecular flexibility index (Phi) is 5.88. The number of ether oxygens (including phenoxy) is 2. The van der Waals surface area contributed by atoms with Crippen molar-refractivity contribution in [1.82, 2.24) is 19.1 Å². The first kappa shape index (κ1) is 18.4. The zero-order valence-corrected chi connectivity index (χ0v) is 14.7. The molecule has 1 saturated heterocycles. The van der Waals surface area contributed by atoms with Crippen molar-refractivity contribution < 1.29 is 14.6 Å². The maximum atomic E-state index is 12.6. The SMILES string of the molecule is Cn1c(=O)n(CCCOC2CCCCO2)c(=O)c2[nH]c(C#CCO)nc21. The van der Waals surface area contributed by atoms with Gasteiger partial charge in [-0.05, 0) is 31.6 Å². The third-order valence-corrected chi connectivity index (χ3v) is 4.23. The summed E-state index contributed by atoms with van der Waals surface area (Å²) < 4.78 is 13.6. The summed E-state index contributed by atoms with van der Waals surface area (Å²) in [5.74, 6) is 5.29. The van der Waals surface area contributed by atoms with Crippen molar-refractivity contribution in [3.63, 3.8) is 0 Å². The molecule has 1 aliphatic heterocycles. The molecule has 2 aromatic rings. The van der Waals surface area contributed by atoms with Crippen LogP contribution in [-0.2, 0) is 23.1 Å². The number of rotatable bonds is 5. The van der Waals surface area contributed by atoms with Crippen LogP contribution < -0.4 is 11.2 Å². The average molecular weight is 362 g/mol. The number of aromatic nitrogens is 4. The zero-order valence-electron chi connectivity index (χ0n) is 14.7. The molecule has 0 bridgehead atoms. The molecule has 0 aromatic carbocycles. The lowest BCUT2D eigenvalue weighted by molar-refractivity contribution is -0.163. The topological polar surface area (TPSA) is 111 Å². The van der Waals surface area contributed by atoms with E-state index in [0.29, 0.717) is 19.6 Å². The van der Waals surface area contributed by atoms with Gasteiger partial charge in [-0.3, -0.25) is 13.9 Å². The molecule has 1 atom stereocenters. The molecule has 1 fully saturated rings. The van der Waals surface area contributed by atoms with Gasteiger partial charge in [-0.2, -0.15) is 0 Å². The number of aryl methyl sites for hydroxylation is 1. The van der Waals surface area contributed by atoms with Crippen molar-refractivity contribution in [2.75, 3.05) is 19.8 Å². The molecule has 1 unspecified atom stereocenters. The lowest BCUT2D eigenvalue weighted by Gasteiger charge is -2.22. The molecule has 0 spiro atoms. The van der Waals surface area contributed by atoms with E-state index in [1.165, 1.54) is 4.57 Å². The van der Waals surface area contributed by atoms with Crippen LogP contribution >= 0.6 is 0 Å². The molecule has 3 heterocycles. The number of hydrogen-bond donors (Lipinski definition) is 2. The predicted octanol–water partition coefficient (Wildman–Crippen LogP) is -0.300. The van der Waals surface area contributed by atoms with Gasteiger partial charge in [-0.15, -0.1) is 0 Å². The van der Waals surface area contributed by atoms with E-state index in [2.05, 4.69) is 21.8 Å². The quantitative estimate of drug-likeness (QED) is 0.558. The molecule has 2 N–H and O–H groups in total. The van der Waals surface area contributed by atoms with Gasteiger partial charge in [0.25, 0.3) is 5.56 Å². The number of H-pyrrole nitrogens is 1. The molecule has 0 amide bonds. The van der Waals surface area contributed by atoms with Gasteiger partial charge in [0.2, 0.25) is 0 Å². The standard InChI is InChI=1S/C17H22N4O5/c1-20-15-14(18-12(19-15)6-4-9-22)16(23)21(17(20)24)8-5-11-26-13-7-2-3-10-25-13/h13,22H,2-3,5,7-11H2,1H3,(H,18,19). The molecule has 0 radical (unpaired) electrons. The van der Waals surface area contributed by atoms with Gasteiger partial charge in [-0.25, -0.2) is 9.78 Å². The molecule has 0 saturated carbocycles. The van der Waals surface area contributed by atoms with Gasteiger partial charge in [0.15, 0.2) is 23.3 Å². The van der Waals surface area contributed by atoms with Crippen molar-refractivity contribution in [3.05, 3.63) is 26.7 Å².